The molecule has 0 aromatic heterocycles. The van der Waals surface area contributed by atoms with E-state index in [-0.39, 0.29) is 17.1 Å². The van der Waals surface area contributed by atoms with Crippen LogP contribution in [0.5, 0.6) is 0 Å². The number of carbonyl (C=O) groups is 1. The van der Waals surface area contributed by atoms with Crippen molar-refractivity contribution in [3.05, 3.63) is 29.6 Å². The Morgan fingerprint density at radius 2 is 1.90 bits per heavy atom. The van der Waals surface area contributed by atoms with Crippen LogP contribution in [0, 0.1) is 18.2 Å². The van der Waals surface area contributed by atoms with Gasteiger partial charge in [-0.15, -0.1) is 0 Å². The molecule has 0 aliphatic heterocycles. The molecule has 1 fully saturated rings. The van der Waals surface area contributed by atoms with Crippen LogP contribution in [0.25, 0.3) is 0 Å². The predicted molar refractivity (Wildman–Crippen MR) is 78.9 cm³/mol. The SMILES string of the molecule is Cc1cc(F)cc(NC2(C(N)=O)CCCCC2(C)C)c1. The van der Waals surface area contributed by atoms with Gasteiger partial charge in [0.05, 0.1) is 0 Å². The Balaban J connectivity index is 2.41. The van der Waals surface area contributed by atoms with Crippen molar-refractivity contribution in [2.75, 3.05) is 5.32 Å². The summed E-state index contributed by atoms with van der Waals surface area (Å²) in [6.45, 7) is 5.93. The van der Waals surface area contributed by atoms with Gasteiger partial charge < -0.3 is 11.1 Å². The Morgan fingerprint density at radius 1 is 1.25 bits per heavy atom. The number of aryl methyl sites for hydroxylation is 1. The number of anilines is 1. The van der Waals surface area contributed by atoms with Gasteiger partial charge in [-0.05, 0) is 48.9 Å². The first kappa shape index (κ1) is 14.8. The standard InChI is InChI=1S/C16H23FN2O/c1-11-8-12(17)10-13(9-11)19-16(14(18)20)7-5-4-6-15(16,2)3/h8-10,19H,4-7H2,1-3H3,(H2,18,20). The lowest BCUT2D eigenvalue weighted by Crippen LogP contribution is -2.61. The van der Waals surface area contributed by atoms with E-state index in [2.05, 4.69) is 19.2 Å². The topological polar surface area (TPSA) is 55.1 Å². The van der Waals surface area contributed by atoms with Gasteiger partial charge in [-0.2, -0.15) is 0 Å². The summed E-state index contributed by atoms with van der Waals surface area (Å²) in [6.07, 6.45) is 3.65. The molecule has 0 saturated heterocycles. The van der Waals surface area contributed by atoms with E-state index in [0.29, 0.717) is 12.1 Å². The molecule has 20 heavy (non-hydrogen) atoms. The number of amides is 1. The fourth-order valence-corrected chi connectivity index (χ4v) is 3.31. The largest absolute Gasteiger partial charge is 0.371 e. The van der Waals surface area contributed by atoms with E-state index >= 15 is 0 Å². The zero-order chi connectivity index (χ0) is 15.0. The van der Waals surface area contributed by atoms with E-state index in [9.17, 15) is 9.18 Å². The van der Waals surface area contributed by atoms with Crippen molar-refractivity contribution in [1.29, 1.82) is 0 Å². The molecule has 0 heterocycles. The highest BCUT2D eigenvalue weighted by atomic mass is 19.1. The molecule has 1 aliphatic carbocycles. The number of benzene rings is 1. The van der Waals surface area contributed by atoms with Gasteiger partial charge >= 0.3 is 0 Å². The summed E-state index contributed by atoms with van der Waals surface area (Å²) in [5.74, 6) is -0.662. The molecule has 1 amide bonds. The highest BCUT2D eigenvalue weighted by Gasteiger charge is 2.51. The summed E-state index contributed by atoms with van der Waals surface area (Å²) in [5.41, 5.74) is 6.08. The highest BCUT2D eigenvalue weighted by Crippen LogP contribution is 2.45. The van der Waals surface area contributed by atoms with Crippen molar-refractivity contribution in [3.8, 4) is 0 Å². The maximum atomic E-state index is 13.5. The number of rotatable bonds is 3. The normalized spacial score (nSPS) is 25.2. The van der Waals surface area contributed by atoms with Gasteiger partial charge in [-0.25, -0.2) is 4.39 Å². The quantitative estimate of drug-likeness (QED) is 0.890. The maximum absolute atomic E-state index is 13.5. The second-order valence-electron chi connectivity index (χ2n) is 6.50. The second kappa shape index (κ2) is 5.08. The number of nitrogens with two attached hydrogens (primary N) is 1. The number of carbonyl (C=O) groups excluding carboxylic acids is 1. The van der Waals surface area contributed by atoms with Crippen LogP contribution < -0.4 is 11.1 Å². The van der Waals surface area contributed by atoms with Crippen LogP contribution in [0.3, 0.4) is 0 Å². The number of nitrogens with one attached hydrogen (secondary N) is 1. The molecule has 1 atom stereocenters. The average molecular weight is 278 g/mol. The Hall–Kier alpha value is -1.58. The lowest BCUT2D eigenvalue weighted by molar-refractivity contribution is -0.127. The van der Waals surface area contributed by atoms with Gasteiger partial charge in [-0.1, -0.05) is 26.7 Å². The fraction of sp³-hybridized carbons (Fsp3) is 0.562. The Morgan fingerprint density at radius 3 is 2.45 bits per heavy atom. The number of primary amides is 1. The molecule has 1 aliphatic rings. The van der Waals surface area contributed by atoms with E-state index in [4.69, 9.17) is 5.73 Å². The summed E-state index contributed by atoms with van der Waals surface area (Å²) < 4.78 is 13.5. The van der Waals surface area contributed by atoms with E-state index in [0.717, 1.165) is 24.8 Å². The fourth-order valence-electron chi connectivity index (χ4n) is 3.31. The van der Waals surface area contributed by atoms with E-state index < -0.39 is 5.54 Å². The van der Waals surface area contributed by atoms with Crippen LogP contribution in [0.2, 0.25) is 0 Å². The Kier molecular flexibility index (Phi) is 3.76. The van der Waals surface area contributed by atoms with Crippen LogP contribution in [0.1, 0.15) is 45.1 Å². The monoisotopic (exact) mass is 278 g/mol. The molecule has 2 rings (SSSR count). The number of hydrogen-bond acceptors (Lipinski definition) is 2. The summed E-state index contributed by atoms with van der Waals surface area (Å²) in [4.78, 5) is 12.1. The minimum Gasteiger partial charge on any atom is -0.371 e. The highest BCUT2D eigenvalue weighted by molar-refractivity contribution is 5.89. The van der Waals surface area contributed by atoms with E-state index in [1.54, 1.807) is 0 Å². The van der Waals surface area contributed by atoms with Gasteiger partial charge in [0.15, 0.2) is 0 Å². The van der Waals surface area contributed by atoms with Crippen LogP contribution in [0.15, 0.2) is 18.2 Å². The zero-order valence-electron chi connectivity index (χ0n) is 12.4. The lowest BCUT2D eigenvalue weighted by Gasteiger charge is -2.49. The van der Waals surface area contributed by atoms with Crippen LogP contribution in [-0.2, 0) is 4.79 Å². The van der Waals surface area contributed by atoms with Crippen molar-refractivity contribution in [2.45, 2.75) is 52.0 Å². The molecule has 1 saturated carbocycles. The molecule has 3 nitrogen and oxygen atoms in total. The Labute approximate surface area is 119 Å². The minimum absolute atomic E-state index is 0.253. The first-order chi connectivity index (χ1) is 9.27. The van der Waals surface area contributed by atoms with Crippen LogP contribution in [0.4, 0.5) is 10.1 Å². The third-order valence-corrected chi connectivity index (χ3v) is 4.58. The first-order valence-corrected chi connectivity index (χ1v) is 7.12. The van der Waals surface area contributed by atoms with Crippen molar-refractivity contribution < 1.29 is 9.18 Å². The molecule has 1 aromatic carbocycles. The van der Waals surface area contributed by atoms with Crippen LogP contribution in [-0.4, -0.2) is 11.4 Å². The van der Waals surface area contributed by atoms with Gasteiger partial charge in [0, 0.05) is 5.69 Å². The summed E-state index contributed by atoms with van der Waals surface area (Å²) >= 11 is 0. The van der Waals surface area contributed by atoms with E-state index in [1.165, 1.54) is 12.1 Å². The number of halogens is 1. The average Bonchev–Trinajstić information content (AvgIpc) is 2.30. The number of hydrogen-bond donors (Lipinski definition) is 2. The van der Waals surface area contributed by atoms with Crippen molar-refractivity contribution in [3.63, 3.8) is 0 Å². The van der Waals surface area contributed by atoms with Crippen molar-refractivity contribution in [2.24, 2.45) is 11.1 Å². The van der Waals surface area contributed by atoms with Crippen molar-refractivity contribution in [1.82, 2.24) is 0 Å². The minimum atomic E-state index is -0.814. The summed E-state index contributed by atoms with van der Waals surface area (Å²) in [5, 5.41) is 3.25. The predicted octanol–water partition coefficient (Wildman–Crippen LogP) is 3.37. The lowest BCUT2D eigenvalue weighted by atomic mass is 9.62. The molecule has 0 spiro atoms. The molecule has 0 bridgehead atoms. The smallest absolute Gasteiger partial charge is 0.243 e. The second-order valence-corrected chi connectivity index (χ2v) is 6.50. The Bertz CT molecular complexity index is 507. The van der Waals surface area contributed by atoms with Gasteiger partial charge in [-0.3, -0.25) is 4.79 Å². The maximum Gasteiger partial charge on any atom is 0.243 e. The first-order valence-electron chi connectivity index (χ1n) is 7.12. The summed E-state index contributed by atoms with van der Waals surface area (Å²) in [7, 11) is 0. The van der Waals surface area contributed by atoms with Gasteiger partial charge in [0.1, 0.15) is 11.4 Å². The third-order valence-electron chi connectivity index (χ3n) is 4.58. The molecule has 110 valence electrons. The molecule has 1 unspecified atom stereocenters. The molecule has 0 radical (unpaired) electrons. The zero-order valence-corrected chi connectivity index (χ0v) is 12.4. The molecular formula is C16H23FN2O. The van der Waals surface area contributed by atoms with Gasteiger partial charge in [0.25, 0.3) is 0 Å². The molecular weight excluding hydrogens is 255 g/mol. The molecule has 4 heteroatoms. The molecule has 3 N–H and O–H groups in total. The summed E-state index contributed by atoms with van der Waals surface area (Å²) in [6, 6.07) is 4.73. The molecule has 1 aromatic rings. The van der Waals surface area contributed by atoms with Crippen LogP contribution >= 0.6 is 0 Å². The van der Waals surface area contributed by atoms with Gasteiger partial charge in [0.2, 0.25) is 5.91 Å². The van der Waals surface area contributed by atoms with Crippen molar-refractivity contribution >= 4 is 11.6 Å². The van der Waals surface area contributed by atoms with E-state index in [1.807, 2.05) is 13.0 Å². The third kappa shape index (κ3) is 2.51.